The first-order chi connectivity index (χ1) is 11.3. The fourth-order valence-electron chi connectivity index (χ4n) is 2.03. The van der Waals surface area contributed by atoms with Gasteiger partial charge in [0.05, 0.1) is 66.1 Å². The summed E-state index contributed by atoms with van der Waals surface area (Å²) in [5.74, 6) is 0. The van der Waals surface area contributed by atoms with Crippen LogP contribution < -0.4 is 0 Å². The van der Waals surface area contributed by atoms with Gasteiger partial charge in [-0.1, -0.05) is 0 Å². The van der Waals surface area contributed by atoms with Crippen LogP contribution in [-0.2, 0) is 23.7 Å². The van der Waals surface area contributed by atoms with Crippen molar-refractivity contribution in [3.8, 4) is 0 Å². The fourth-order valence-corrected chi connectivity index (χ4v) is 2.03. The highest BCUT2D eigenvalue weighted by atomic mass is 16.6. The third-order valence-corrected chi connectivity index (χ3v) is 3.45. The van der Waals surface area contributed by atoms with Gasteiger partial charge in [0, 0.05) is 26.2 Å². The summed E-state index contributed by atoms with van der Waals surface area (Å²) >= 11 is 0. The van der Waals surface area contributed by atoms with Crippen LogP contribution in [0.15, 0.2) is 0 Å². The van der Waals surface area contributed by atoms with Crippen LogP contribution in [0.25, 0.3) is 0 Å². The second kappa shape index (κ2) is 15.3. The van der Waals surface area contributed by atoms with Gasteiger partial charge in [0.25, 0.3) is 0 Å². The van der Waals surface area contributed by atoms with Crippen molar-refractivity contribution in [2.24, 2.45) is 0 Å². The summed E-state index contributed by atoms with van der Waals surface area (Å²) in [5.41, 5.74) is 0. The minimum Gasteiger partial charge on any atom is -0.379 e. The van der Waals surface area contributed by atoms with Gasteiger partial charge in [-0.3, -0.25) is 4.90 Å². The van der Waals surface area contributed by atoms with E-state index in [0.717, 1.165) is 39.4 Å². The summed E-state index contributed by atoms with van der Waals surface area (Å²) in [5, 5.41) is 0. The Hall–Kier alpha value is -0.280. The lowest BCUT2D eigenvalue weighted by atomic mass is 10.4. The molecule has 1 heterocycles. The molecule has 7 heteroatoms. The zero-order valence-corrected chi connectivity index (χ0v) is 14.8. The molecule has 0 saturated carbocycles. The lowest BCUT2D eigenvalue weighted by Gasteiger charge is -2.22. The zero-order valence-electron chi connectivity index (χ0n) is 14.8. The molecule has 0 aromatic rings. The van der Waals surface area contributed by atoms with Crippen LogP contribution in [0.5, 0.6) is 0 Å². The molecule has 138 valence electrons. The van der Waals surface area contributed by atoms with Crippen LogP contribution in [0.1, 0.15) is 0 Å². The monoisotopic (exact) mass is 334 g/mol. The molecule has 0 aliphatic carbocycles. The van der Waals surface area contributed by atoms with Gasteiger partial charge < -0.3 is 28.6 Å². The lowest BCUT2D eigenvalue weighted by Crippen LogP contribution is -2.34. The Balaban J connectivity index is 2.18. The summed E-state index contributed by atoms with van der Waals surface area (Å²) in [4.78, 5) is 4.44. The van der Waals surface area contributed by atoms with Crippen LogP contribution >= 0.6 is 0 Å². The van der Waals surface area contributed by atoms with Gasteiger partial charge in [0.2, 0.25) is 0 Å². The smallest absolute Gasteiger partial charge is 0.0701 e. The zero-order chi connectivity index (χ0) is 16.6. The predicted octanol–water partition coefficient (Wildman–Crippen LogP) is -0.0534. The Labute approximate surface area is 140 Å². The maximum absolute atomic E-state index is 5.67. The molecule has 0 aromatic carbocycles. The Morgan fingerprint density at radius 1 is 0.739 bits per heavy atom. The number of hydrogen-bond donors (Lipinski definition) is 0. The van der Waals surface area contributed by atoms with Crippen LogP contribution in [0.3, 0.4) is 0 Å². The van der Waals surface area contributed by atoms with Crippen LogP contribution in [0.2, 0.25) is 0 Å². The Morgan fingerprint density at radius 2 is 1.22 bits per heavy atom. The van der Waals surface area contributed by atoms with Gasteiger partial charge >= 0.3 is 0 Å². The van der Waals surface area contributed by atoms with E-state index in [4.69, 9.17) is 23.7 Å². The molecule has 7 nitrogen and oxygen atoms in total. The highest BCUT2D eigenvalue weighted by Crippen LogP contribution is 1.93. The third-order valence-electron chi connectivity index (χ3n) is 3.45. The van der Waals surface area contributed by atoms with Crippen molar-refractivity contribution in [1.29, 1.82) is 0 Å². The number of rotatable bonds is 6. The molecular formula is C16H34N2O5. The minimum absolute atomic E-state index is 0.611. The van der Waals surface area contributed by atoms with Crippen molar-refractivity contribution in [3.63, 3.8) is 0 Å². The maximum atomic E-state index is 5.67. The first-order valence-electron chi connectivity index (χ1n) is 8.55. The molecule has 1 saturated heterocycles. The molecule has 0 bridgehead atoms. The first kappa shape index (κ1) is 20.8. The summed E-state index contributed by atoms with van der Waals surface area (Å²) in [7, 11) is 4.10. The highest BCUT2D eigenvalue weighted by molar-refractivity contribution is 4.57. The first-order valence-corrected chi connectivity index (χ1v) is 8.55. The Kier molecular flexibility index (Phi) is 13.8. The molecule has 0 spiro atoms. The molecule has 0 atom stereocenters. The second-order valence-electron chi connectivity index (χ2n) is 5.71. The van der Waals surface area contributed by atoms with E-state index in [9.17, 15) is 0 Å². The molecule has 1 fully saturated rings. The highest BCUT2D eigenvalue weighted by Gasteiger charge is 2.06. The van der Waals surface area contributed by atoms with E-state index in [1.54, 1.807) is 0 Å². The number of nitrogens with zero attached hydrogens (tertiary/aromatic N) is 2. The molecule has 0 aromatic heterocycles. The summed E-state index contributed by atoms with van der Waals surface area (Å²) in [6, 6.07) is 0. The number of ether oxygens (including phenoxy) is 5. The van der Waals surface area contributed by atoms with Crippen molar-refractivity contribution >= 4 is 0 Å². The molecule has 1 rings (SSSR count). The van der Waals surface area contributed by atoms with E-state index >= 15 is 0 Å². The topological polar surface area (TPSA) is 52.6 Å². The molecule has 1 aliphatic rings. The van der Waals surface area contributed by atoms with Crippen molar-refractivity contribution in [3.05, 3.63) is 0 Å². The Bertz CT molecular complexity index is 241. The molecule has 0 unspecified atom stereocenters. The molecule has 0 N–H and O–H groups in total. The number of hydrogen-bond acceptors (Lipinski definition) is 7. The van der Waals surface area contributed by atoms with E-state index in [-0.39, 0.29) is 0 Å². The molecule has 0 amide bonds. The fraction of sp³-hybridized carbons (Fsp3) is 1.00. The quantitative estimate of drug-likeness (QED) is 0.631. The average molecular weight is 334 g/mol. The van der Waals surface area contributed by atoms with Crippen LogP contribution in [-0.4, -0.2) is 116 Å². The van der Waals surface area contributed by atoms with E-state index in [2.05, 4.69) is 23.9 Å². The summed E-state index contributed by atoms with van der Waals surface area (Å²) < 4.78 is 27.7. The summed E-state index contributed by atoms with van der Waals surface area (Å²) in [6.07, 6.45) is 0. The summed E-state index contributed by atoms with van der Waals surface area (Å²) in [6.45, 7) is 10.2. The average Bonchev–Trinajstić information content (AvgIpc) is 2.54. The van der Waals surface area contributed by atoms with Gasteiger partial charge in [-0.05, 0) is 14.1 Å². The minimum atomic E-state index is 0.611. The molecule has 0 radical (unpaired) electrons. The normalized spacial score (nSPS) is 21.0. The molecular weight excluding hydrogens is 300 g/mol. The second-order valence-corrected chi connectivity index (χ2v) is 5.71. The van der Waals surface area contributed by atoms with E-state index in [0.29, 0.717) is 52.9 Å². The van der Waals surface area contributed by atoms with Gasteiger partial charge in [-0.15, -0.1) is 0 Å². The van der Waals surface area contributed by atoms with Gasteiger partial charge in [0.15, 0.2) is 0 Å². The maximum Gasteiger partial charge on any atom is 0.0701 e. The largest absolute Gasteiger partial charge is 0.379 e. The SMILES string of the molecule is CN(C)CCOCCN1CCOCCOCCOCCOCC1. The van der Waals surface area contributed by atoms with Crippen LogP contribution in [0.4, 0.5) is 0 Å². The van der Waals surface area contributed by atoms with Gasteiger partial charge in [0.1, 0.15) is 0 Å². The standard InChI is InChI=1S/C16H34N2O5/c1-17(2)3-7-19-8-4-18-5-9-20-11-13-22-15-16-23-14-12-21-10-6-18/h3-16H2,1-2H3. The third kappa shape index (κ3) is 13.8. The van der Waals surface area contributed by atoms with Crippen molar-refractivity contribution < 1.29 is 23.7 Å². The Morgan fingerprint density at radius 3 is 1.70 bits per heavy atom. The van der Waals surface area contributed by atoms with Gasteiger partial charge in [-0.2, -0.15) is 0 Å². The number of likely N-dealkylation sites (N-methyl/N-ethyl adjacent to an activating group) is 1. The van der Waals surface area contributed by atoms with E-state index in [1.807, 2.05) is 0 Å². The van der Waals surface area contributed by atoms with E-state index in [1.165, 1.54) is 0 Å². The van der Waals surface area contributed by atoms with Crippen molar-refractivity contribution in [2.75, 3.05) is 106 Å². The van der Waals surface area contributed by atoms with Crippen LogP contribution in [0, 0.1) is 0 Å². The van der Waals surface area contributed by atoms with Crippen molar-refractivity contribution in [1.82, 2.24) is 9.80 Å². The van der Waals surface area contributed by atoms with E-state index < -0.39 is 0 Å². The predicted molar refractivity (Wildman–Crippen MR) is 89.1 cm³/mol. The lowest BCUT2D eigenvalue weighted by molar-refractivity contribution is 0.00206. The molecule has 1 aliphatic heterocycles. The van der Waals surface area contributed by atoms with Gasteiger partial charge in [-0.25, -0.2) is 0 Å². The van der Waals surface area contributed by atoms with Crippen molar-refractivity contribution in [2.45, 2.75) is 0 Å². The molecule has 23 heavy (non-hydrogen) atoms.